The molecule has 0 aromatic carbocycles. The maximum Gasteiger partial charge on any atom is 0.363 e. The van der Waals surface area contributed by atoms with Gasteiger partial charge in [-0.1, -0.05) is 0 Å². The van der Waals surface area contributed by atoms with E-state index in [1.54, 1.807) is 0 Å². The Morgan fingerprint density at radius 1 is 0.722 bits per heavy atom. The average molecular weight is 266 g/mol. The fourth-order valence-corrected chi connectivity index (χ4v) is 4.94. The molecule has 5 aliphatic rings. The summed E-state index contributed by atoms with van der Waals surface area (Å²) < 4.78 is 64.2. The summed E-state index contributed by atoms with van der Waals surface area (Å²) in [5, 5.41) is 0. The standard InChI is InChI=1S/C12H14F4O2/c13-11(14)9-5-1-2-6(8-4-17-3-7(5)8)10(9)12(15,16)18-11/h5-10H,1-4H2/t5-,6+,7+,8-,9-,10+. The molecule has 0 aromatic rings. The van der Waals surface area contributed by atoms with E-state index in [1.165, 1.54) is 0 Å². The van der Waals surface area contributed by atoms with Crippen molar-refractivity contribution in [2.24, 2.45) is 35.5 Å². The van der Waals surface area contributed by atoms with Crippen LogP contribution >= 0.6 is 0 Å². The Labute approximate surface area is 102 Å². The number of alkyl halides is 4. The fraction of sp³-hybridized carbons (Fsp3) is 1.00. The second-order valence-corrected chi connectivity index (χ2v) is 6.05. The Kier molecular flexibility index (Phi) is 2.04. The van der Waals surface area contributed by atoms with Gasteiger partial charge in [-0.15, -0.1) is 0 Å². The average Bonchev–Trinajstić information content (AvgIpc) is 2.82. The highest BCUT2D eigenvalue weighted by atomic mass is 19.3. The van der Waals surface area contributed by atoms with Crippen LogP contribution in [0.1, 0.15) is 12.8 Å². The van der Waals surface area contributed by atoms with Gasteiger partial charge in [-0.05, 0) is 36.5 Å². The Morgan fingerprint density at radius 2 is 1.17 bits per heavy atom. The van der Waals surface area contributed by atoms with Gasteiger partial charge in [-0.3, -0.25) is 4.74 Å². The lowest BCUT2D eigenvalue weighted by Gasteiger charge is -2.52. The molecule has 3 saturated carbocycles. The number of hydrogen-bond acceptors (Lipinski definition) is 2. The van der Waals surface area contributed by atoms with Crippen LogP contribution in [0.4, 0.5) is 17.6 Å². The van der Waals surface area contributed by atoms with Crippen LogP contribution in [-0.4, -0.2) is 25.4 Å². The molecule has 0 unspecified atom stereocenters. The van der Waals surface area contributed by atoms with Crippen molar-refractivity contribution in [1.29, 1.82) is 0 Å². The van der Waals surface area contributed by atoms with E-state index >= 15 is 0 Å². The lowest BCUT2D eigenvalue weighted by atomic mass is 9.51. The Morgan fingerprint density at radius 3 is 1.61 bits per heavy atom. The quantitative estimate of drug-likeness (QED) is 0.628. The highest BCUT2D eigenvalue weighted by Gasteiger charge is 2.75. The van der Waals surface area contributed by atoms with Crippen LogP contribution in [0.15, 0.2) is 0 Å². The predicted molar refractivity (Wildman–Crippen MR) is 52.0 cm³/mol. The van der Waals surface area contributed by atoms with Crippen molar-refractivity contribution in [3.8, 4) is 0 Å². The van der Waals surface area contributed by atoms with E-state index in [2.05, 4.69) is 4.74 Å². The third kappa shape index (κ3) is 1.21. The zero-order valence-corrected chi connectivity index (χ0v) is 9.62. The molecule has 2 nitrogen and oxygen atoms in total. The van der Waals surface area contributed by atoms with E-state index in [-0.39, 0.29) is 23.7 Å². The monoisotopic (exact) mass is 266 g/mol. The van der Waals surface area contributed by atoms with Gasteiger partial charge < -0.3 is 4.74 Å². The minimum Gasteiger partial charge on any atom is -0.381 e. The number of hydrogen-bond donors (Lipinski definition) is 0. The smallest absolute Gasteiger partial charge is 0.363 e. The Bertz CT molecular complexity index is 352. The van der Waals surface area contributed by atoms with Crippen LogP contribution in [0.2, 0.25) is 0 Å². The van der Waals surface area contributed by atoms with E-state index in [9.17, 15) is 17.6 Å². The maximum absolute atomic E-state index is 13.7. The first-order valence-electron chi connectivity index (χ1n) is 6.45. The summed E-state index contributed by atoms with van der Waals surface area (Å²) >= 11 is 0. The summed E-state index contributed by atoms with van der Waals surface area (Å²) in [6, 6.07) is 0. The molecule has 5 rings (SSSR count). The number of rotatable bonds is 0. The summed E-state index contributed by atoms with van der Waals surface area (Å²) in [6.45, 7) is 0.882. The van der Waals surface area contributed by atoms with E-state index in [1.807, 2.05) is 0 Å². The van der Waals surface area contributed by atoms with Crippen LogP contribution in [0, 0.1) is 35.5 Å². The molecule has 2 aliphatic heterocycles. The maximum atomic E-state index is 13.7. The molecule has 2 saturated heterocycles. The molecule has 5 fully saturated rings. The first kappa shape index (κ1) is 11.5. The number of halogens is 4. The van der Waals surface area contributed by atoms with Gasteiger partial charge in [-0.25, -0.2) is 0 Å². The molecule has 6 atom stereocenters. The second kappa shape index (κ2) is 3.20. The summed E-state index contributed by atoms with van der Waals surface area (Å²) in [7, 11) is 0. The molecule has 2 bridgehead atoms. The molecular formula is C12H14F4O2. The first-order valence-corrected chi connectivity index (χ1v) is 6.45. The minimum atomic E-state index is -3.69. The molecule has 2 heterocycles. The van der Waals surface area contributed by atoms with Crippen LogP contribution < -0.4 is 0 Å². The van der Waals surface area contributed by atoms with Crippen LogP contribution in [0.3, 0.4) is 0 Å². The van der Waals surface area contributed by atoms with E-state index in [4.69, 9.17) is 4.74 Å². The van der Waals surface area contributed by atoms with Gasteiger partial charge in [0.1, 0.15) is 0 Å². The van der Waals surface area contributed by atoms with Gasteiger partial charge in [0.05, 0.1) is 25.0 Å². The SMILES string of the molecule is FC1(F)OC(F)(F)[C@H]2[C@H]3CC[C@H]([C@@H]4COC[C@@H]43)[C@H]21. The van der Waals surface area contributed by atoms with Crippen molar-refractivity contribution in [3.63, 3.8) is 0 Å². The van der Waals surface area contributed by atoms with Crippen molar-refractivity contribution in [2.45, 2.75) is 25.1 Å². The highest BCUT2D eigenvalue weighted by molar-refractivity contribution is 5.09. The molecule has 0 aromatic heterocycles. The summed E-state index contributed by atoms with van der Waals surface area (Å²) in [6.07, 6.45) is -6.17. The highest BCUT2D eigenvalue weighted by Crippen LogP contribution is 2.67. The zero-order valence-electron chi connectivity index (χ0n) is 9.62. The first-order chi connectivity index (χ1) is 8.42. The molecule has 0 amide bonds. The van der Waals surface area contributed by atoms with Crippen molar-refractivity contribution in [1.82, 2.24) is 0 Å². The molecule has 102 valence electrons. The van der Waals surface area contributed by atoms with Crippen LogP contribution in [0.5, 0.6) is 0 Å². The predicted octanol–water partition coefficient (Wildman–Crippen LogP) is 2.74. The van der Waals surface area contributed by atoms with Gasteiger partial charge in [0.15, 0.2) is 0 Å². The van der Waals surface area contributed by atoms with Crippen LogP contribution in [0.25, 0.3) is 0 Å². The lowest BCUT2D eigenvalue weighted by molar-refractivity contribution is -0.343. The Hall–Kier alpha value is -0.360. The van der Waals surface area contributed by atoms with Gasteiger partial charge >= 0.3 is 12.2 Å². The zero-order chi connectivity index (χ0) is 12.7. The van der Waals surface area contributed by atoms with E-state index in [0.29, 0.717) is 26.1 Å². The second-order valence-electron chi connectivity index (χ2n) is 6.05. The van der Waals surface area contributed by atoms with Gasteiger partial charge in [-0.2, -0.15) is 17.6 Å². The summed E-state index contributed by atoms with van der Waals surface area (Å²) in [5.41, 5.74) is 0. The van der Waals surface area contributed by atoms with Crippen LogP contribution in [-0.2, 0) is 9.47 Å². The van der Waals surface area contributed by atoms with E-state index in [0.717, 1.165) is 0 Å². The summed E-state index contributed by atoms with van der Waals surface area (Å²) in [5.74, 6) is -3.36. The van der Waals surface area contributed by atoms with Crippen molar-refractivity contribution < 1.29 is 27.0 Å². The molecular weight excluding hydrogens is 252 g/mol. The molecule has 6 heteroatoms. The summed E-state index contributed by atoms with van der Waals surface area (Å²) in [4.78, 5) is 0. The molecule has 0 spiro atoms. The minimum absolute atomic E-state index is 0.0216. The topological polar surface area (TPSA) is 18.5 Å². The molecule has 3 aliphatic carbocycles. The normalized spacial score (nSPS) is 55.3. The van der Waals surface area contributed by atoms with Gasteiger partial charge in [0.25, 0.3) is 0 Å². The number of ether oxygens (including phenoxy) is 2. The number of fused-ring (bicyclic) bond motifs is 1. The molecule has 18 heavy (non-hydrogen) atoms. The van der Waals surface area contributed by atoms with Crippen molar-refractivity contribution in [3.05, 3.63) is 0 Å². The van der Waals surface area contributed by atoms with Crippen molar-refractivity contribution in [2.75, 3.05) is 13.2 Å². The molecule has 0 N–H and O–H groups in total. The third-order valence-electron chi connectivity index (χ3n) is 5.46. The van der Waals surface area contributed by atoms with Crippen molar-refractivity contribution >= 4 is 0 Å². The van der Waals surface area contributed by atoms with Gasteiger partial charge in [0, 0.05) is 0 Å². The molecule has 0 radical (unpaired) electrons. The largest absolute Gasteiger partial charge is 0.381 e. The Balaban J connectivity index is 1.80. The lowest BCUT2D eigenvalue weighted by Crippen LogP contribution is -2.54. The fourth-order valence-electron chi connectivity index (χ4n) is 4.94. The van der Waals surface area contributed by atoms with E-state index < -0.39 is 24.1 Å². The van der Waals surface area contributed by atoms with Gasteiger partial charge in [0.2, 0.25) is 0 Å². The third-order valence-corrected chi connectivity index (χ3v) is 5.46.